The Hall–Kier alpha value is -0.450. The molecule has 0 saturated heterocycles. The largest absolute Gasteiger partial charge is 0.350 e. The van der Waals surface area contributed by atoms with Crippen LogP contribution in [-0.2, 0) is 9.47 Å². The molecule has 0 bridgehead atoms. The van der Waals surface area contributed by atoms with E-state index in [-0.39, 0.29) is 5.83 Å². The van der Waals surface area contributed by atoms with Crippen molar-refractivity contribution in [2.24, 2.45) is 5.73 Å². The third-order valence-corrected chi connectivity index (χ3v) is 1.90. The average molecular weight is 205 g/mol. The Balaban J connectivity index is 4.17. The molecular formula is C10H20FNO2. The molecule has 84 valence electrons. The summed E-state index contributed by atoms with van der Waals surface area (Å²) in [5, 5.41) is 0. The topological polar surface area (TPSA) is 44.5 Å². The lowest BCUT2D eigenvalue weighted by atomic mass is 10.2. The second-order valence-corrected chi connectivity index (χ2v) is 3.16. The van der Waals surface area contributed by atoms with E-state index in [9.17, 15) is 4.39 Å². The molecule has 0 aromatic rings. The molecule has 0 spiro atoms. The van der Waals surface area contributed by atoms with Crippen molar-refractivity contribution in [2.45, 2.75) is 32.5 Å². The summed E-state index contributed by atoms with van der Waals surface area (Å²) in [7, 11) is 1.49. The standard InChI is InChI=1S/C10H20FNO2/c1-4-9(11)8-10(2,13-3)14-7-5-6-12/h8H,4-7,12H2,1-3H3/b9-8+. The van der Waals surface area contributed by atoms with Gasteiger partial charge in [-0.25, -0.2) is 4.39 Å². The Morgan fingerprint density at radius 3 is 2.64 bits per heavy atom. The zero-order valence-electron chi connectivity index (χ0n) is 9.18. The van der Waals surface area contributed by atoms with Crippen LogP contribution in [0.1, 0.15) is 26.7 Å². The highest BCUT2D eigenvalue weighted by atomic mass is 19.1. The predicted molar refractivity (Wildman–Crippen MR) is 54.5 cm³/mol. The minimum Gasteiger partial charge on any atom is -0.350 e. The van der Waals surface area contributed by atoms with Crippen LogP contribution in [0.15, 0.2) is 11.9 Å². The maximum absolute atomic E-state index is 13.0. The van der Waals surface area contributed by atoms with E-state index in [0.29, 0.717) is 19.6 Å². The zero-order chi connectivity index (χ0) is 11.0. The lowest BCUT2D eigenvalue weighted by Gasteiger charge is -2.24. The fourth-order valence-electron chi connectivity index (χ4n) is 0.904. The second-order valence-electron chi connectivity index (χ2n) is 3.16. The van der Waals surface area contributed by atoms with E-state index in [1.807, 2.05) is 0 Å². The molecule has 0 saturated carbocycles. The van der Waals surface area contributed by atoms with Crippen molar-refractivity contribution in [3.8, 4) is 0 Å². The molecule has 4 heteroatoms. The van der Waals surface area contributed by atoms with Crippen LogP contribution in [0.2, 0.25) is 0 Å². The van der Waals surface area contributed by atoms with Gasteiger partial charge in [0.2, 0.25) is 0 Å². The Kier molecular flexibility index (Phi) is 6.70. The Morgan fingerprint density at radius 2 is 2.21 bits per heavy atom. The number of methoxy groups -OCH3 is 1. The number of allylic oxidation sites excluding steroid dienone is 1. The van der Waals surface area contributed by atoms with Crippen LogP contribution in [0.5, 0.6) is 0 Å². The summed E-state index contributed by atoms with van der Waals surface area (Å²) in [6, 6.07) is 0. The van der Waals surface area contributed by atoms with Gasteiger partial charge in [-0.2, -0.15) is 0 Å². The van der Waals surface area contributed by atoms with Gasteiger partial charge in [-0.05, 0) is 26.3 Å². The molecule has 14 heavy (non-hydrogen) atoms. The van der Waals surface area contributed by atoms with Crippen LogP contribution in [0.4, 0.5) is 4.39 Å². The van der Waals surface area contributed by atoms with Gasteiger partial charge < -0.3 is 15.2 Å². The lowest BCUT2D eigenvalue weighted by Crippen LogP contribution is -2.29. The van der Waals surface area contributed by atoms with Gasteiger partial charge in [-0.3, -0.25) is 0 Å². The molecule has 3 nitrogen and oxygen atoms in total. The van der Waals surface area contributed by atoms with Crippen molar-refractivity contribution >= 4 is 0 Å². The van der Waals surface area contributed by atoms with Crippen molar-refractivity contribution < 1.29 is 13.9 Å². The van der Waals surface area contributed by atoms with Gasteiger partial charge in [0.05, 0.1) is 6.61 Å². The fourth-order valence-corrected chi connectivity index (χ4v) is 0.904. The molecule has 0 rings (SSSR count). The molecule has 0 fully saturated rings. The van der Waals surface area contributed by atoms with Crippen molar-refractivity contribution in [3.63, 3.8) is 0 Å². The maximum Gasteiger partial charge on any atom is 0.187 e. The molecule has 0 aromatic heterocycles. The number of ether oxygens (including phenoxy) is 2. The minimum absolute atomic E-state index is 0.234. The van der Waals surface area contributed by atoms with Crippen LogP contribution in [0.25, 0.3) is 0 Å². The van der Waals surface area contributed by atoms with Crippen LogP contribution in [0, 0.1) is 0 Å². The molecule has 0 aliphatic carbocycles. The van der Waals surface area contributed by atoms with E-state index in [0.717, 1.165) is 6.42 Å². The number of rotatable bonds is 7. The summed E-state index contributed by atoms with van der Waals surface area (Å²) < 4.78 is 23.5. The highest BCUT2D eigenvalue weighted by molar-refractivity contribution is 4.99. The van der Waals surface area contributed by atoms with Gasteiger partial charge in [0.15, 0.2) is 5.79 Å². The van der Waals surface area contributed by atoms with E-state index in [2.05, 4.69) is 0 Å². The fraction of sp³-hybridized carbons (Fsp3) is 0.800. The number of halogens is 1. The van der Waals surface area contributed by atoms with E-state index >= 15 is 0 Å². The van der Waals surface area contributed by atoms with E-state index in [1.165, 1.54) is 13.2 Å². The summed E-state index contributed by atoms with van der Waals surface area (Å²) in [6.45, 7) is 4.44. The summed E-state index contributed by atoms with van der Waals surface area (Å²) in [6.07, 6.45) is 2.43. The molecule has 1 unspecified atom stereocenters. The SMILES string of the molecule is CC/C(F)=C\C(C)(OC)OCCCN. The highest BCUT2D eigenvalue weighted by Gasteiger charge is 2.21. The second kappa shape index (κ2) is 6.92. The monoisotopic (exact) mass is 205 g/mol. The highest BCUT2D eigenvalue weighted by Crippen LogP contribution is 2.18. The summed E-state index contributed by atoms with van der Waals surface area (Å²) in [4.78, 5) is 0. The predicted octanol–water partition coefficient (Wildman–Crippen LogP) is 1.98. The smallest absolute Gasteiger partial charge is 0.187 e. The molecular weight excluding hydrogens is 185 g/mol. The minimum atomic E-state index is -0.977. The van der Waals surface area contributed by atoms with Gasteiger partial charge in [0.1, 0.15) is 5.83 Å². The number of nitrogens with two attached hydrogens (primary N) is 1. The molecule has 0 heterocycles. The Labute approximate surface area is 85.1 Å². The van der Waals surface area contributed by atoms with Crippen molar-refractivity contribution in [1.29, 1.82) is 0 Å². The molecule has 0 aliphatic rings. The Bertz CT molecular complexity index is 185. The zero-order valence-corrected chi connectivity index (χ0v) is 9.18. The van der Waals surface area contributed by atoms with E-state index < -0.39 is 5.79 Å². The van der Waals surface area contributed by atoms with Gasteiger partial charge in [-0.15, -0.1) is 0 Å². The van der Waals surface area contributed by atoms with Gasteiger partial charge in [0.25, 0.3) is 0 Å². The van der Waals surface area contributed by atoms with Crippen molar-refractivity contribution in [3.05, 3.63) is 11.9 Å². The summed E-state index contributed by atoms with van der Waals surface area (Å²) in [5.74, 6) is -1.21. The molecule has 1 atom stereocenters. The molecule has 0 amide bonds. The van der Waals surface area contributed by atoms with E-state index in [4.69, 9.17) is 15.2 Å². The third-order valence-electron chi connectivity index (χ3n) is 1.90. The Morgan fingerprint density at radius 1 is 1.57 bits per heavy atom. The molecule has 0 aromatic carbocycles. The van der Waals surface area contributed by atoms with Crippen LogP contribution >= 0.6 is 0 Å². The average Bonchev–Trinajstić information content (AvgIpc) is 2.18. The van der Waals surface area contributed by atoms with Crippen LogP contribution < -0.4 is 5.73 Å². The maximum atomic E-state index is 13.0. The van der Waals surface area contributed by atoms with Crippen molar-refractivity contribution in [1.82, 2.24) is 0 Å². The molecule has 2 N–H and O–H groups in total. The van der Waals surface area contributed by atoms with Gasteiger partial charge in [0, 0.05) is 13.2 Å². The van der Waals surface area contributed by atoms with Gasteiger partial charge in [-0.1, -0.05) is 6.92 Å². The summed E-state index contributed by atoms with van der Waals surface area (Å²) in [5.41, 5.74) is 5.32. The van der Waals surface area contributed by atoms with E-state index in [1.54, 1.807) is 13.8 Å². The number of hydrogen-bond acceptors (Lipinski definition) is 3. The quantitative estimate of drug-likeness (QED) is 0.510. The third kappa shape index (κ3) is 5.32. The van der Waals surface area contributed by atoms with Crippen LogP contribution in [-0.4, -0.2) is 26.0 Å². The first-order valence-corrected chi connectivity index (χ1v) is 4.84. The van der Waals surface area contributed by atoms with Gasteiger partial charge >= 0.3 is 0 Å². The van der Waals surface area contributed by atoms with Crippen LogP contribution in [0.3, 0.4) is 0 Å². The van der Waals surface area contributed by atoms with Crippen molar-refractivity contribution in [2.75, 3.05) is 20.3 Å². The summed E-state index contributed by atoms with van der Waals surface area (Å²) >= 11 is 0. The first-order chi connectivity index (χ1) is 6.58. The first-order valence-electron chi connectivity index (χ1n) is 4.84. The number of hydrogen-bond donors (Lipinski definition) is 1. The first kappa shape index (κ1) is 13.5. The molecule has 0 aliphatic heterocycles. The lowest BCUT2D eigenvalue weighted by molar-refractivity contribution is -0.176. The normalized spacial score (nSPS) is 16.8. The molecule has 0 radical (unpaired) electrons.